The molecule has 3 aliphatic rings. The van der Waals surface area contributed by atoms with E-state index < -0.39 is 23.2 Å². The van der Waals surface area contributed by atoms with E-state index in [-0.39, 0.29) is 12.3 Å². The molecule has 2 saturated carbocycles. The van der Waals surface area contributed by atoms with Crippen molar-refractivity contribution in [2.24, 2.45) is 16.3 Å². The lowest BCUT2D eigenvalue weighted by Crippen LogP contribution is -2.43. The number of para-hydroxylation sites is 2. The smallest absolute Gasteiger partial charge is 0.337 e. The van der Waals surface area contributed by atoms with Gasteiger partial charge in [0.15, 0.2) is 5.82 Å². The summed E-state index contributed by atoms with van der Waals surface area (Å²) in [6.45, 7) is 1.67. The number of carbonyl (C=O) groups excluding carboxylic acids is 1. The van der Waals surface area contributed by atoms with Gasteiger partial charge in [-0.1, -0.05) is 24.3 Å². The van der Waals surface area contributed by atoms with E-state index in [1.807, 2.05) is 30.3 Å². The number of allylic oxidation sites excluding steroid dienone is 2. The molecule has 1 unspecified atom stereocenters. The second kappa shape index (κ2) is 7.76. The SMILES string of the molecule is CC1(C(=O)Nc2ccc(C3CC3)c(-c3nc4ccccc4[nH]3)n2)CC=C(C(F)(F)F)N=C1C1CC1. The number of carbonyl (C=O) groups is 1. The van der Waals surface area contributed by atoms with Crippen molar-refractivity contribution in [1.29, 1.82) is 0 Å². The van der Waals surface area contributed by atoms with Gasteiger partial charge < -0.3 is 10.3 Å². The average molecular weight is 480 g/mol. The predicted octanol–water partition coefficient (Wildman–Crippen LogP) is 6.15. The Morgan fingerprint density at radius 3 is 2.49 bits per heavy atom. The van der Waals surface area contributed by atoms with Crippen molar-refractivity contribution >= 4 is 28.5 Å². The first-order valence-corrected chi connectivity index (χ1v) is 11.9. The van der Waals surface area contributed by atoms with Crippen LogP contribution >= 0.6 is 0 Å². The normalized spacial score (nSPS) is 22.6. The van der Waals surface area contributed by atoms with E-state index in [4.69, 9.17) is 4.98 Å². The summed E-state index contributed by atoms with van der Waals surface area (Å²) in [5.74, 6) is 0.893. The Bertz CT molecular complexity index is 1360. The molecule has 35 heavy (non-hydrogen) atoms. The van der Waals surface area contributed by atoms with Crippen LogP contribution in [-0.2, 0) is 4.79 Å². The van der Waals surface area contributed by atoms with Gasteiger partial charge in [0.1, 0.15) is 17.2 Å². The van der Waals surface area contributed by atoms with E-state index in [0.29, 0.717) is 29.0 Å². The van der Waals surface area contributed by atoms with Crippen molar-refractivity contribution in [1.82, 2.24) is 15.0 Å². The molecule has 0 bridgehead atoms. The van der Waals surface area contributed by atoms with Gasteiger partial charge in [0.25, 0.3) is 0 Å². The highest BCUT2D eigenvalue weighted by atomic mass is 19.4. The first-order chi connectivity index (χ1) is 16.7. The minimum atomic E-state index is -4.53. The summed E-state index contributed by atoms with van der Waals surface area (Å²) in [4.78, 5) is 30.1. The molecule has 6 rings (SSSR count). The average Bonchev–Trinajstić information content (AvgIpc) is 3.75. The van der Waals surface area contributed by atoms with Crippen LogP contribution in [0.25, 0.3) is 22.6 Å². The van der Waals surface area contributed by atoms with E-state index in [1.165, 1.54) is 0 Å². The van der Waals surface area contributed by atoms with E-state index >= 15 is 0 Å². The van der Waals surface area contributed by atoms with E-state index in [9.17, 15) is 18.0 Å². The van der Waals surface area contributed by atoms with Gasteiger partial charge in [0, 0.05) is 5.71 Å². The molecule has 2 fully saturated rings. The summed E-state index contributed by atoms with van der Waals surface area (Å²) < 4.78 is 39.9. The Morgan fingerprint density at radius 2 is 1.80 bits per heavy atom. The molecule has 0 spiro atoms. The molecule has 2 aliphatic carbocycles. The number of anilines is 1. The zero-order valence-electron chi connectivity index (χ0n) is 19.1. The second-order valence-electron chi connectivity index (χ2n) is 9.86. The third-order valence-electron chi connectivity index (χ3n) is 7.06. The number of fused-ring (bicyclic) bond motifs is 1. The van der Waals surface area contributed by atoms with E-state index in [2.05, 4.69) is 20.3 Å². The summed E-state index contributed by atoms with van der Waals surface area (Å²) in [6.07, 6.45) is 0.0877. The number of nitrogens with one attached hydrogen (secondary N) is 2. The van der Waals surface area contributed by atoms with E-state index in [0.717, 1.165) is 48.4 Å². The van der Waals surface area contributed by atoms with Gasteiger partial charge in [-0.25, -0.2) is 9.97 Å². The Labute approximate surface area is 199 Å². The molecule has 6 nitrogen and oxygen atoms in total. The number of alkyl halides is 3. The predicted molar refractivity (Wildman–Crippen MR) is 127 cm³/mol. The Hall–Kier alpha value is -3.49. The van der Waals surface area contributed by atoms with Crippen LogP contribution in [0.3, 0.4) is 0 Å². The Balaban J connectivity index is 1.32. The number of aromatic amines is 1. The summed E-state index contributed by atoms with van der Waals surface area (Å²) in [6, 6.07) is 11.4. The number of pyridine rings is 1. The van der Waals surface area contributed by atoms with Crippen molar-refractivity contribution in [3.05, 3.63) is 53.7 Å². The van der Waals surface area contributed by atoms with Gasteiger partial charge in [-0.15, -0.1) is 0 Å². The monoisotopic (exact) mass is 479 g/mol. The second-order valence-corrected chi connectivity index (χ2v) is 9.86. The highest BCUT2D eigenvalue weighted by Crippen LogP contribution is 2.46. The Morgan fingerprint density at radius 1 is 1.06 bits per heavy atom. The number of hydrogen-bond donors (Lipinski definition) is 2. The molecule has 1 aliphatic heterocycles. The number of benzene rings is 1. The third kappa shape index (κ3) is 4.02. The number of imidazole rings is 1. The maximum absolute atomic E-state index is 13.4. The number of H-pyrrole nitrogens is 1. The fourth-order valence-corrected chi connectivity index (χ4v) is 4.76. The standard InChI is InChI=1S/C26H24F3N5O/c1-25(13-12-19(26(27,28)29)32-22(25)15-8-9-15)24(35)34-20-11-10-16(14-6-7-14)21(33-20)23-30-17-4-2-3-5-18(17)31-23/h2-5,10-12,14-15H,6-9,13H2,1H3,(H,30,31)(H,33,34,35). The molecule has 1 amide bonds. The zero-order valence-corrected chi connectivity index (χ0v) is 19.1. The summed E-state index contributed by atoms with van der Waals surface area (Å²) in [5.41, 5.74) is 1.72. The maximum Gasteiger partial charge on any atom is 0.433 e. The zero-order chi connectivity index (χ0) is 24.4. The number of rotatable bonds is 5. The maximum atomic E-state index is 13.4. The minimum Gasteiger partial charge on any atom is -0.337 e. The van der Waals surface area contributed by atoms with Gasteiger partial charge in [-0.05, 0) is 74.6 Å². The van der Waals surface area contributed by atoms with Gasteiger partial charge in [0.2, 0.25) is 5.91 Å². The molecular formula is C26H24F3N5O. The highest BCUT2D eigenvalue weighted by molar-refractivity contribution is 6.15. The minimum absolute atomic E-state index is 0.0560. The van der Waals surface area contributed by atoms with Crippen molar-refractivity contribution in [3.63, 3.8) is 0 Å². The number of aromatic nitrogens is 3. The molecule has 9 heteroatoms. The van der Waals surface area contributed by atoms with Crippen molar-refractivity contribution < 1.29 is 18.0 Å². The molecule has 180 valence electrons. The molecule has 0 saturated heterocycles. The first kappa shape index (κ1) is 22.0. The Kier molecular flexibility index (Phi) is 4.88. The fourth-order valence-electron chi connectivity index (χ4n) is 4.76. The molecule has 1 atom stereocenters. The summed E-state index contributed by atoms with van der Waals surface area (Å²) in [5, 5.41) is 2.87. The molecule has 0 radical (unpaired) electrons. The molecule has 3 aromatic rings. The van der Waals surface area contributed by atoms with Crippen LogP contribution in [-0.4, -0.2) is 32.7 Å². The van der Waals surface area contributed by atoms with Crippen LogP contribution in [0.1, 0.15) is 50.5 Å². The topological polar surface area (TPSA) is 83.0 Å². The number of hydrogen-bond acceptors (Lipinski definition) is 4. The van der Waals surface area contributed by atoms with Gasteiger partial charge in [-0.3, -0.25) is 9.79 Å². The van der Waals surface area contributed by atoms with Crippen LogP contribution in [0, 0.1) is 11.3 Å². The van der Waals surface area contributed by atoms with Crippen molar-refractivity contribution in [2.75, 3.05) is 5.32 Å². The van der Waals surface area contributed by atoms with Crippen LogP contribution in [0.4, 0.5) is 19.0 Å². The van der Waals surface area contributed by atoms with Crippen LogP contribution in [0.15, 0.2) is 53.2 Å². The summed E-state index contributed by atoms with van der Waals surface area (Å²) in [7, 11) is 0. The highest BCUT2D eigenvalue weighted by Gasteiger charge is 2.49. The fraction of sp³-hybridized carbons (Fsp3) is 0.385. The van der Waals surface area contributed by atoms with Crippen molar-refractivity contribution in [2.45, 2.75) is 51.1 Å². The lowest BCUT2D eigenvalue weighted by Gasteiger charge is -2.32. The molecule has 2 N–H and O–H groups in total. The first-order valence-electron chi connectivity index (χ1n) is 11.9. The largest absolute Gasteiger partial charge is 0.433 e. The van der Waals surface area contributed by atoms with Crippen LogP contribution < -0.4 is 5.32 Å². The quantitative estimate of drug-likeness (QED) is 0.461. The van der Waals surface area contributed by atoms with Crippen LogP contribution in [0.2, 0.25) is 0 Å². The number of amides is 1. The van der Waals surface area contributed by atoms with E-state index in [1.54, 1.807) is 13.0 Å². The molecule has 1 aromatic carbocycles. The van der Waals surface area contributed by atoms with Crippen molar-refractivity contribution in [3.8, 4) is 11.5 Å². The number of halogens is 3. The lowest BCUT2D eigenvalue weighted by atomic mass is 9.76. The number of aliphatic imine (C=N–C) groups is 1. The lowest BCUT2D eigenvalue weighted by molar-refractivity contribution is -0.122. The number of nitrogens with zero attached hydrogens (tertiary/aromatic N) is 3. The summed E-state index contributed by atoms with van der Waals surface area (Å²) >= 11 is 0. The van der Waals surface area contributed by atoms with Crippen LogP contribution in [0.5, 0.6) is 0 Å². The molecule has 3 heterocycles. The van der Waals surface area contributed by atoms with Gasteiger partial charge >= 0.3 is 6.18 Å². The van der Waals surface area contributed by atoms with Gasteiger partial charge in [0.05, 0.1) is 16.4 Å². The third-order valence-corrected chi connectivity index (χ3v) is 7.06. The van der Waals surface area contributed by atoms with Gasteiger partial charge in [-0.2, -0.15) is 13.2 Å². The molecular weight excluding hydrogens is 455 g/mol. The molecule has 2 aromatic heterocycles.